The molecule has 9 heavy (non-hydrogen) atoms. The van der Waals surface area contributed by atoms with Crippen LogP contribution < -0.4 is 0 Å². The van der Waals surface area contributed by atoms with E-state index in [4.69, 9.17) is 11.5 Å². The van der Waals surface area contributed by atoms with Gasteiger partial charge in [0.15, 0.2) is 0 Å². The van der Waals surface area contributed by atoms with Gasteiger partial charge in [-0.2, -0.15) is 0 Å². The summed E-state index contributed by atoms with van der Waals surface area (Å²) in [5.41, 5.74) is 0.978. The highest BCUT2D eigenvalue weighted by molar-refractivity contribution is 5.24. The zero-order chi connectivity index (χ0) is 7.11. The summed E-state index contributed by atoms with van der Waals surface area (Å²) in [4.78, 5) is 0. The van der Waals surface area contributed by atoms with Crippen molar-refractivity contribution in [1.29, 1.82) is 0 Å². The molecule has 1 N–H and O–H groups in total. The second-order valence-electron chi connectivity index (χ2n) is 1.64. The Morgan fingerprint density at radius 2 is 2.44 bits per heavy atom. The smallest absolute Gasteiger partial charge is 0.0615 e. The van der Waals surface area contributed by atoms with E-state index in [0.717, 1.165) is 5.57 Å². The van der Waals surface area contributed by atoms with Gasteiger partial charge in [-0.05, 0) is 18.6 Å². The molecule has 0 saturated heterocycles. The van der Waals surface area contributed by atoms with E-state index in [1.54, 1.807) is 18.2 Å². The summed E-state index contributed by atoms with van der Waals surface area (Å²) in [6.07, 6.45) is 10.0. The van der Waals surface area contributed by atoms with E-state index < -0.39 is 0 Å². The predicted molar refractivity (Wildman–Crippen MR) is 38.8 cm³/mol. The standard InChI is InChI=1S/C8H10O/c1-3-5-8(2)6-4-7-9/h1,4-6,9H,7H2,2H3/b6-4+,8-5-. The number of allylic oxidation sites excluding steroid dienone is 3. The number of hydrogen-bond donors (Lipinski definition) is 1. The Hall–Kier alpha value is -1.00. The fraction of sp³-hybridized carbons (Fsp3) is 0.250. The van der Waals surface area contributed by atoms with E-state index in [2.05, 4.69) is 5.92 Å². The van der Waals surface area contributed by atoms with Crippen molar-refractivity contribution >= 4 is 0 Å². The molecule has 0 aromatic rings. The van der Waals surface area contributed by atoms with E-state index in [9.17, 15) is 0 Å². The summed E-state index contributed by atoms with van der Waals surface area (Å²) >= 11 is 0. The number of hydrogen-bond acceptors (Lipinski definition) is 1. The molecule has 0 aromatic heterocycles. The lowest BCUT2D eigenvalue weighted by Crippen LogP contribution is -1.71. The molecule has 1 heteroatoms. The highest BCUT2D eigenvalue weighted by Crippen LogP contribution is 1.91. The fourth-order valence-electron chi connectivity index (χ4n) is 0.418. The van der Waals surface area contributed by atoms with Crippen LogP contribution in [0.4, 0.5) is 0 Å². The maximum absolute atomic E-state index is 8.32. The Balaban J connectivity index is 3.79. The van der Waals surface area contributed by atoms with Gasteiger partial charge in [0.05, 0.1) is 6.61 Å². The molecule has 0 aromatic carbocycles. The van der Waals surface area contributed by atoms with Crippen LogP contribution in [0.5, 0.6) is 0 Å². The Bertz CT molecular complexity index is 158. The average Bonchev–Trinajstić information content (AvgIpc) is 1.85. The van der Waals surface area contributed by atoms with Crippen LogP contribution >= 0.6 is 0 Å². The first-order chi connectivity index (χ1) is 4.31. The minimum atomic E-state index is 0.0652. The molecule has 0 rings (SSSR count). The van der Waals surface area contributed by atoms with Gasteiger partial charge >= 0.3 is 0 Å². The van der Waals surface area contributed by atoms with Crippen molar-refractivity contribution in [2.75, 3.05) is 6.61 Å². The quantitative estimate of drug-likeness (QED) is 0.429. The minimum absolute atomic E-state index is 0.0652. The number of terminal acetylenes is 1. The first kappa shape index (κ1) is 8.00. The molecule has 0 fully saturated rings. The molecule has 0 aliphatic rings. The highest BCUT2D eigenvalue weighted by Gasteiger charge is 1.74. The van der Waals surface area contributed by atoms with Gasteiger partial charge in [-0.1, -0.05) is 18.1 Å². The van der Waals surface area contributed by atoms with Crippen LogP contribution in [0.1, 0.15) is 6.92 Å². The molecule has 0 atom stereocenters. The Morgan fingerprint density at radius 3 is 2.89 bits per heavy atom. The topological polar surface area (TPSA) is 20.2 Å². The van der Waals surface area contributed by atoms with Crippen LogP contribution in [0.15, 0.2) is 23.8 Å². The molecule has 0 spiro atoms. The van der Waals surface area contributed by atoms with Gasteiger partial charge in [-0.3, -0.25) is 0 Å². The molecule has 0 radical (unpaired) electrons. The molecule has 0 aliphatic heterocycles. The van der Waals surface area contributed by atoms with E-state index in [0.29, 0.717) is 0 Å². The molecule has 0 heterocycles. The van der Waals surface area contributed by atoms with Gasteiger partial charge in [0, 0.05) is 0 Å². The summed E-state index contributed by atoms with van der Waals surface area (Å²) in [5.74, 6) is 2.38. The highest BCUT2D eigenvalue weighted by atomic mass is 16.2. The lowest BCUT2D eigenvalue weighted by Gasteiger charge is -1.83. The third-order valence-electron chi connectivity index (χ3n) is 0.797. The molecule has 0 bridgehead atoms. The average molecular weight is 122 g/mol. The van der Waals surface area contributed by atoms with Gasteiger partial charge in [0.2, 0.25) is 0 Å². The Morgan fingerprint density at radius 1 is 1.78 bits per heavy atom. The van der Waals surface area contributed by atoms with Crippen molar-refractivity contribution in [3.63, 3.8) is 0 Å². The Kier molecular flexibility index (Phi) is 4.57. The molecular formula is C8H10O. The zero-order valence-corrected chi connectivity index (χ0v) is 5.46. The monoisotopic (exact) mass is 122 g/mol. The summed E-state index contributed by atoms with van der Waals surface area (Å²) < 4.78 is 0. The van der Waals surface area contributed by atoms with Crippen LogP contribution in [-0.2, 0) is 0 Å². The predicted octanol–water partition coefficient (Wildman–Crippen LogP) is 1.11. The van der Waals surface area contributed by atoms with E-state index >= 15 is 0 Å². The van der Waals surface area contributed by atoms with Crippen molar-refractivity contribution in [2.45, 2.75) is 6.92 Å². The first-order valence-corrected chi connectivity index (χ1v) is 2.71. The largest absolute Gasteiger partial charge is 0.392 e. The molecule has 0 saturated carbocycles. The van der Waals surface area contributed by atoms with Crippen molar-refractivity contribution in [1.82, 2.24) is 0 Å². The summed E-state index contributed by atoms with van der Waals surface area (Å²) in [6, 6.07) is 0. The van der Waals surface area contributed by atoms with Gasteiger partial charge in [-0.25, -0.2) is 0 Å². The first-order valence-electron chi connectivity index (χ1n) is 2.71. The van der Waals surface area contributed by atoms with Crippen LogP contribution in [0.3, 0.4) is 0 Å². The molecule has 0 aliphatic carbocycles. The maximum Gasteiger partial charge on any atom is 0.0615 e. The van der Waals surface area contributed by atoms with Crippen molar-refractivity contribution in [3.05, 3.63) is 23.8 Å². The lowest BCUT2D eigenvalue weighted by atomic mass is 10.2. The molecule has 0 amide bonds. The molecule has 0 unspecified atom stereocenters. The minimum Gasteiger partial charge on any atom is -0.392 e. The van der Waals surface area contributed by atoms with Gasteiger partial charge in [0.1, 0.15) is 0 Å². The third kappa shape index (κ3) is 4.86. The van der Waals surface area contributed by atoms with Crippen molar-refractivity contribution in [3.8, 4) is 12.3 Å². The normalized spacial score (nSPS) is 11.9. The molecular weight excluding hydrogens is 112 g/mol. The Labute approximate surface area is 55.7 Å². The fourth-order valence-corrected chi connectivity index (χ4v) is 0.418. The lowest BCUT2D eigenvalue weighted by molar-refractivity contribution is 0.342. The van der Waals surface area contributed by atoms with E-state index in [1.807, 2.05) is 6.92 Å². The summed E-state index contributed by atoms with van der Waals surface area (Å²) in [5, 5.41) is 8.32. The van der Waals surface area contributed by atoms with Crippen molar-refractivity contribution < 1.29 is 5.11 Å². The van der Waals surface area contributed by atoms with Crippen molar-refractivity contribution in [2.24, 2.45) is 0 Å². The van der Waals surface area contributed by atoms with E-state index in [1.165, 1.54) is 0 Å². The maximum atomic E-state index is 8.32. The van der Waals surface area contributed by atoms with Gasteiger partial charge < -0.3 is 5.11 Å². The van der Waals surface area contributed by atoms with Crippen LogP contribution in [0.2, 0.25) is 0 Å². The SMILES string of the molecule is C#C/C=C(C)\C=C\CO. The number of aliphatic hydroxyl groups is 1. The van der Waals surface area contributed by atoms with Crippen LogP contribution in [-0.4, -0.2) is 11.7 Å². The second-order valence-corrected chi connectivity index (χ2v) is 1.64. The van der Waals surface area contributed by atoms with Gasteiger partial charge in [0.25, 0.3) is 0 Å². The van der Waals surface area contributed by atoms with Crippen LogP contribution in [0, 0.1) is 12.3 Å². The van der Waals surface area contributed by atoms with E-state index in [-0.39, 0.29) is 6.61 Å². The number of rotatable bonds is 2. The zero-order valence-electron chi connectivity index (χ0n) is 5.46. The molecule has 1 nitrogen and oxygen atoms in total. The van der Waals surface area contributed by atoms with Crippen LogP contribution in [0.25, 0.3) is 0 Å². The third-order valence-corrected chi connectivity index (χ3v) is 0.797. The molecule has 48 valence electrons. The second kappa shape index (κ2) is 5.14. The number of aliphatic hydroxyl groups excluding tert-OH is 1. The summed E-state index contributed by atoms with van der Waals surface area (Å²) in [6.45, 7) is 1.95. The van der Waals surface area contributed by atoms with Gasteiger partial charge in [-0.15, -0.1) is 6.42 Å². The summed E-state index contributed by atoms with van der Waals surface area (Å²) in [7, 11) is 0.